The predicted octanol–water partition coefficient (Wildman–Crippen LogP) is 2.03. The lowest BCUT2D eigenvalue weighted by Gasteiger charge is -2.07. The Morgan fingerprint density at radius 3 is 2.75 bits per heavy atom. The first-order valence-electron chi connectivity index (χ1n) is 5.60. The van der Waals surface area contributed by atoms with E-state index < -0.39 is 12.4 Å². The number of aromatic carboxylic acids is 1. The molecule has 0 radical (unpaired) electrons. The highest BCUT2D eigenvalue weighted by Gasteiger charge is 2.15. The number of carbonyl (C=O) groups is 1. The van der Waals surface area contributed by atoms with Gasteiger partial charge in [0.25, 0.3) is 6.43 Å². The number of halogens is 2. The second-order valence-electron chi connectivity index (χ2n) is 3.95. The molecule has 0 saturated carbocycles. The normalized spacial score (nSPS) is 10.8. The molecule has 8 heteroatoms. The van der Waals surface area contributed by atoms with Crippen LogP contribution in [-0.2, 0) is 13.7 Å². The van der Waals surface area contributed by atoms with Gasteiger partial charge in [-0.15, -0.1) is 0 Å². The summed E-state index contributed by atoms with van der Waals surface area (Å²) in [7, 11) is 1.58. The average molecular weight is 283 g/mol. The van der Waals surface area contributed by atoms with E-state index in [1.165, 1.54) is 23.0 Å². The zero-order chi connectivity index (χ0) is 14.7. The first kappa shape index (κ1) is 13.9. The fraction of sp³-hybridized carbons (Fsp3) is 0.250. The minimum absolute atomic E-state index is 0.0247. The number of hydrogen-bond acceptors (Lipinski definition) is 4. The molecule has 2 heterocycles. The molecule has 0 fully saturated rings. The van der Waals surface area contributed by atoms with Gasteiger partial charge in [0.15, 0.2) is 0 Å². The maximum atomic E-state index is 12.3. The summed E-state index contributed by atoms with van der Waals surface area (Å²) < 4.78 is 31.3. The molecule has 0 aliphatic heterocycles. The molecule has 0 bridgehead atoms. The Morgan fingerprint density at radius 2 is 2.20 bits per heavy atom. The van der Waals surface area contributed by atoms with Gasteiger partial charge in [-0.1, -0.05) is 0 Å². The highest BCUT2D eigenvalue weighted by Crippen LogP contribution is 2.20. The van der Waals surface area contributed by atoms with E-state index in [4.69, 9.17) is 9.84 Å². The number of pyridine rings is 1. The lowest BCUT2D eigenvalue weighted by atomic mass is 10.2. The summed E-state index contributed by atoms with van der Waals surface area (Å²) in [5.41, 5.74) is 0.179. The van der Waals surface area contributed by atoms with Crippen LogP contribution in [0, 0.1) is 0 Å². The Morgan fingerprint density at radius 1 is 1.45 bits per heavy atom. The predicted molar refractivity (Wildman–Crippen MR) is 63.7 cm³/mol. The summed E-state index contributed by atoms with van der Waals surface area (Å²) in [5, 5.41) is 12.8. The summed E-state index contributed by atoms with van der Waals surface area (Å²) in [4.78, 5) is 14.7. The van der Waals surface area contributed by atoms with Gasteiger partial charge in [-0.05, 0) is 6.07 Å². The van der Waals surface area contributed by atoms with Crippen molar-refractivity contribution in [2.24, 2.45) is 7.05 Å². The molecule has 0 amide bonds. The quantitative estimate of drug-likeness (QED) is 0.908. The van der Waals surface area contributed by atoms with Gasteiger partial charge >= 0.3 is 5.97 Å². The molecule has 106 valence electrons. The van der Waals surface area contributed by atoms with Gasteiger partial charge in [0.05, 0.1) is 11.9 Å². The van der Waals surface area contributed by atoms with E-state index >= 15 is 0 Å². The number of hydrogen-bond donors (Lipinski definition) is 1. The van der Waals surface area contributed by atoms with Gasteiger partial charge in [0.2, 0.25) is 5.88 Å². The lowest BCUT2D eigenvalue weighted by Crippen LogP contribution is -2.09. The highest BCUT2D eigenvalue weighted by atomic mass is 19.3. The van der Waals surface area contributed by atoms with Crippen molar-refractivity contribution in [3.63, 3.8) is 0 Å². The molecule has 0 unspecified atom stereocenters. The molecular formula is C12H11F2N3O3. The van der Waals surface area contributed by atoms with Crippen LogP contribution in [0.5, 0.6) is 5.88 Å². The molecule has 20 heavy (non-hydrogen) atoms. The van der Waals surface area contributed by atoms with Gasteiger partial charge in [0.1, 0.15) is 12.2 Å². The Bertz CT molecular complexity index is 611. The maximum absolute atomic E-state index is 12.3. The van der Waals surface area contributed by atoms with Crippen LogP contribution in [0.1, 0.15) is 28.0 Å². The van der Waals surface area contributed by atoms with Crippen molar-refractivity contribution in [3.8, 4) is 5.88 Å². The molecule has 0 spiro atoms. The van der Waals surface area contributed by atoms with E-state index in [0.29, 0.717) is 5.69 Å². The van der Waals surface area contributed by atoms with Crippen molar-refractivity contribution in [2.75, 3.05) is 0 Å². The Labute approximate surface area is 112 Å². The number of alkyl halides is 2. The summed E-state index contributed by atoms with van der Waals surface area (Å²) in [5.74, 6) is -0.982. The number of nitrogens with zero attached hydrogens (tertiary/aromatic N) is 3. The highest BCUT2D eigenvalue weighted by molar-refractivity contribution is 5.88. The van der Waals surface area contributed by atoms with E-state index in [0.717, 1.165) is 6.20 Å². The number of rotatable bonds is 5. The number of carboxylic acids is 1. The van der Waals surface area contributed by atoms with Crippen molar-refractivity contribution in [2.45, 2.75) is 13.0 Å². The van der Waals surface area contributed by atoms with Crippen molar-refractivity contribution >= 4 is 5.97 Å². The van der Waals surface area contributed by atoms with E-state index in [2.05, 4.69) is 10.1 Å². The molecular weight excluding hydrogens is 272 g/mol. The number of aryl methyl sites for hydroxylation is 1. The van der Waals surface area contributed by atoms with E-state index in [1.54, 1.807) is 7.05 Å². The SMILES string of the molecule is Cn1ncc(C(=O)O)c1COc1ccc(C(F)F)cn1. The second-order valence-corrected chi connectivity index (χ2v) is 3.95. The van der Waals surface area contributed by atoms with Crippen LogP contribution in [0.25, 0.3) is 0 Å². The Kier molecular flexibility index (Phi) is 3.92. The lowest BCUT2D eigenvalue weighted by molar-refractivity contribution is 0.0693. The van der Waals surface area contributed by atoms with Crippen molar-refractivity contribution in [1.82, 2.24) is 14.8 Å². The van der Waals surface area contributed by atoms with Crippen molar-refractivity contribution in [3.05, 3.63) is 41.3 Å². The molecule has 2 rings (SSSR count). The zero-order valence-corrected chi connectivity index (χ0v) is 10.5. The van der Waals surface area contributed by atoms with Crippen molar-refractivity contribution in [1.29, 1.82) is 0 Å². The van der Waals surface area contributed by atoms with E-state index in [-0.39, 0.29) is 23.6 Å². The minimum atomic E-state index is -2.59. The first-order valence-corrected chi connectivity index (χ1v) is 5.60. The van der Waals surface area contributed by atoms with E-state index in [9.17, 15) is 13.6 Å². The van der Waals surface area contributed by atoms with Crippen LogP contribution in [0.2, 0.25) is 0 Å². The van der Waals surface area contributed by atoms with Gasteiger partial charge in [-0.25, -0.2) is 18.6 Å². The van der Waals surface area contributed by atoms with Crippen LogP contribution in [0.4, 0.5) is 8.78 Å². The Hall–Kier alpha value is -2.51. The summed E-state index contributed by atoms with van der Waals surface area (Å²) in [6.45, 7) is -0.0703. The molecule has 6 nitrogen and oxygen atoms in total. The monoisotopic (exact) mass is 283 g/mol. The number of ether oxygens (including phenoxy) is 1. The molecule has 0 atom stereocenters. The second kappa shape index (κ2) is 5.64. The fourth-order valence-corrected chi connectivity index (χ4v) is 1.56. The fourth-order valence-electron chi connectivity index (χ4n) is 1.56. The van der Waals surface area contributed by atoms with Gasteiger partial charge in [0, 0.05) is 24.9 Å². The molecule has 0 aliphatic carbocycles. The third kappa shape index (κ3) is 2.90. The average Bonchev–Trinajstić information content (AvgIpc) is 2.78. The molecule has 0 aromatic carbocycles. The summed E-state index contributed by atoms with van der Waals surface area (Å²) in [6, 6.07) is 2.51. The number of aromatic nitrogens is 3. The third-order valence-corrected chi connectivity index (χ3v) is 2.66. The standard InChI is InChI=1S/C12H11F2N3O3/c1-17-9(8(5-16-17)12(18)19)6-20-10-3-2-7(4-15-10)11(13)14/h2-5,11H,6H2,1H3,(H,18,19). The molecule has 2 aromatic heterocycles. The maximum Gasteiger partial charge on any atom is 0.339 e. The van der Waals surface area contributed by atoms with Crippen molar-refractivity contribution < 1.29 is 23.4 Å². The summed E-state index contributed by atoms with van der Waals surface area (Å²) in [6.07, 6.45) is -0.359. The van der Waals surface area contributed by atoms with Crippen LogP contribution in [0.3, 0.4) is 0 Å². The third-order valence-electron chi connectivity index (χ3n) is 2.66. The van der Waals surface area contributed by atoms with Crippen LogP contribution >= 0.6 is 0 Å². The first-order chi connectivity index (χ1) is 9.49. The molecule has 0 saturated heterocycles. The van der Waals surface area contributed by atoms with Crippen LogP contribution < -0.4 is 4.74 Å². The van der Waals surface area contributed by atoms with Gasteiger partial charge < -0.3 is 9.84 Å². The molecule has 0 aliphatic rings. The van der Waals surface area contributed by atoms with Gasteiger partial charge in [-0.3, -0.25) is 4.68 Å². The summed E-state index contributed by atoms with van der Waals surface area (Å²) >= 11 is 0. The van der Waals surface area contributed by atoms with Gasteiger partial charge in [-0.2, -0.15) is 5.10 Å². The largest absolute Gasteiger partial charge is 0.478 e. The minimum Gasteiger partial charge on any atom is -0.478 e. The zero-order valence-electron chi connectivity index (χ0n) is 10.5. The smallest absolute Gasteiger partial charge is 0.339 e. The molecule has 1 N–H and O–H groups in total. The van der Waals surface area contributed by atoms with E-state index in [1.807, 2.05) is 0 Å². The van der Waals surface area contributed by atoms with Crippen LogP contribution in [0.15, 0.2) is 24.5 Å². The Balaban J connectivity index is 2.09. The number of carboxylic acid groups (broad SMARTS) is 1. The molecule has 2 aromatic rings. The van der Waals surface area contributed by atoms with Crippen LogP contribution in [-0.4, -0.2) is 25.8 Å². The topological polar surface area (TPSA) is 77.2 Å².